The summed E-state index contributed by atoms with van der Waals surface area (Å²) in [5, 5.41) is 9.71. The Bertz CT molecular complexity index is 2000. The molecule has 2 fully saturated rings. The minimum Gasteiger partial charge on any atom is -0.442 e. The zero-order valence-electron chi connectivity index (χ0n) is 26.6. The lowest BCUT2D eigenvalue weighted by molar-refractivity contribution is -0.136. The van der Waals surface area contributed by atoms with Crippen molar-refractivity contribution in [3.63, 3.8) is 0 Å². The number of carbonyl (C=O) groups excluding carboxylic acids is 4. The highest BCUT2D eigenvalue weighted by atomic mass is 32.2. The minimum atomic E-state index is -4.26. The Morgan fingerprint density at radius 1 is 0.900 bits per heavy atom. The number of imide groups is 1. The predicted molar refractivity (Wildman–Crippen MR) is 189 cm³/mol. The molecule has 2 aromatic carbocycles. The molecular weight excluding hydrogens is 701 g/mol. The number of benzene rings is 2. The molecule has 12 nitrogen and oxygen atoms in total. The largest absolute Gasteiger partial charge is 0.442 e. The molecule has 0 bridgehead atoms. The van der Waals surface area contributed by atoms with Crippen molar-refractivity contribution < 1.29 is 37.1 Å². The van der Waals surface area contributed by atoms with Crippen LogP contribution in [0.3, 0.4) is 0 Å². The number of sulfonamides is 1. The fraction of sp³-hybridized carbons (Fsp3) is 0.257. The number of carbonyl (C=O) groups is 4. The van der Waals surface area contributed by atoms with Gasteiger partial charge in [0.05, 0.1) is 39.0 Å². The average Bonchev–Trinajstić information content (AvgIpc) is 3.85. The lowest BCUT2D eigenvalue weighted by Crippen LogP contribution is -2.56. The van der Waals surface area contributed by atoms with E-state index >= 15 is 0 Å². The van der Waals surface area contributed by atoms with Gasteiger partial charge in [0.25, 0.3) is 0 Å². The van der Waals surface area contributed by atoms with Gasteiger partial charge in [-0.1, -0.05) is 41.8 Å². The second kappa shape index (κ2) is 14.9. The number of thiophene rings is 2. The third-order valence-corrected chi connectivity index (χ3v) is 12.0. The van der Waals surface area contributed by atoms with Crippen LogP contribution in [0.1, 0.15) is 12.0 Å². The number of rotatable bonds is 10. The number of hydrogen-bond acceptors (Lipinski definition) is 10. The summed E-state index contributed by atoms with van der Waals surface area (Å²) in [7, 11) is -4.26. The third kappa shape index (κ3) is 7.29. The van der Waals surface area contributed by atoms with Gasteiger partial charge in [-0.3, -0.25) is 25.1 Å². The van der Waals surface area contributed by atoms with E-state index in [-0.39, 0.29) is 11.3 Å². The average molecular weight is 733 g/mol. The van der Waals surface area contributed by atoms with Crippen LogP contribution in [0, 0.1) is 37.0 Å². The van der Waals surface area contributed by atoms with Gasteiger partial charge in [0.15, 0.2) is 0 Å². The van der Waals surface area contributed by atoms with Crippen molar-refractivity contribution in [3.8, 4) is 12.3 Å². The molecule has 1 saturated heterocycles. The van der Waals surface area contributed by atoms with Crippen LogP contribution in [0.15, 0.2) is 94.5 Å². The van der Waals surface area contributed by atoms with Crippen molar-refractivity contribution in [2.24, 2.45) is 17.8 Å². The second-order valence-corrected chi connectivity index (χ2v) is 15.5. The van der Waals surface area contributed by atoms with Gasteiger partial charge in [-0.2, -0.15) is 4.31 Å². The molecule has 4 amide bonds. The first-order chi connectivity index (χ1) is 24.1. The smallest absolute Gasteiger partial charge is 0.412 e. The Hall–Kier alpha value is -5.01. The molecule has 4 aromatic rings. The van der Waals surface area contributed by atoms with Gasteiger partial charge in [-0.15, -0.1) is 29.1 Å². The number of aryl methyl sites for hydroxylation is 1. The number of para-hydroxylation sites is 1. The van der Waals surface area contributed by atoms with Crippen molar-refractivity contribution in [2.75, 3.05) is 28.6 Å². The Morgan fingerprint density at radius 2 is 1.52 bits per heavy atom. The zero-order chi connectivity index (χ0) is 35.4. The Labute approximate surface area is 297 Å². The van der Waals surface area contributed by atoms with Gasteiger partial charge in [0, 0.05) is 18.9 Å². The molecule has 0 spiro atoms. The number of fused-ring (bicyclic) bond motifs is 1. The number of hydrogen-bond donors (Lipinski definition) is 2. The van der Waals surface area contributed by atoms with Gasteiger partial charge < -0.3 is 9.47 Å². The molecular formula is C35H32N4O8S3. The number of nitrogens with one attached hydrogen (secondary N) is 2. The van der Waals surface area contributed by atoms with E-state index in [2.05, 4.69) is 16.6 Å². The van der Waals surface area contributed by atoms with Crippen LogP contribution in [0.5, 0.6) is 0 Å². The molecule has 1 aliphatic carbocycles. The molecule has 6 rings (SSSR count). The molecule has 3 heterocycles. The van der Waals surface area contributed by atoms with Crippen molar-refractivity contribution in [2.45, 2.75) is 30.4 Å². The van der Waals surface area contributed by atoms with Crippen LogP contribution < -0.4 is 15.5 Å². The molecule has 0 unspecified atom stereocenters. The normalized spacial score (nSPS) is 21.7. The summed E-state index contributed by atoms with van der Waals surface area (Å²) in [6.45, 7) is 0.983. The molecule has 1 saturated carbocycles. The van der Waals surface area contributed by atoms with E-state index in [0.29, 0.717) is 15.7 Å². The lowest BCUT2D eigenvalue weighted by atomic mass is 9.70. The molecule has 2 N–H and O–H groups in total. The third-order valence-electron chi connectivity index (χ3n) is 8.56. The van der Waals surface area contributed by atoms with Crippen molar-refractivity contribution >= 4 is 72.4 Å². The van der Waals surface area contributed by atoms with Crippen LogP contribution in [0.2, 0.25) is 0 Å². The first-order valence-electron chi connectivity index (χ1n) is 15.5. The molecule has 1 aliphatic heterocycles. The van der Waals surface area contributed by atoms with Gasteiger partial charge in [-0.05, 0) is 66.2 Å². The van der Waals surface area contributed by atoms with Crippen LogP contribution in [0.4, 0.5) is 25.3 Å². The van der Waals surface area contributed by atoms with E-state index in [1.54, 1.807) is 77.5 Å². The number of anilines is 3. The lowest BCUT2D eigenvalue weighted by Gasteiger charge is -2.42. The number of nitrogens with zero attached hydrogens (tertiary/aromatic N) is 2. The maximum atomic E-state index is 14.3. The Morgan fingerprint density at radius 3 is 2.10 bits per heavy atom. The van der Waals surface area contributed by atoms with Crippen molar-refractivity contribution in [3.05, 3.63) is 95.2 Å². The van der Waals surface area contributed by atoms with Crippen LogP contribution >= 0.6 is 22.7 Å². The minimum absolute atomic E-state index is 0.0403. The summed E-state index contributed by atoms with van der Waals surface area (Å²) in [5.74, 6) is -2.14. The van der Waals surface area contributed by atoms with E-state index in [9.17, 15) is 27.6 Å². The fourth-order valence-corrected chi connectivity index (χ4v) is 8.93. The number of terminal acetylenes is 1. The molecule has 0 radical (unpaired) electrons. The number of ether oxygens (including phenoxy) is 2. The second-order valence-electron chi connectivity index (χ2n) is 11.7. The quantitative estimate of drug-likeness (QED) is 0.153. The Kier molecular flexibility index (Phi) is 10.3. The van der Waals surface area contributed by atoms with Gasteiger partial charge in [-0.25, -0.2) is 18.0 Å². The maximum absolute atomic E-state index is 14.3. The summed E-state index contributed by atoms with van der Waals surface area (Å²) in [5.41, 5.74) is 1.16. The molecule has 5 atom stereocenters. The molecule has 2 aliphatic rings. The van der Waals surface area contributed by atoms with Crippen LogP contribution in [-0.4, -0.2) is 62.0 Å². The standard InChI is InChI=1S/C35H32N4O8S3/c1-3-17-38(50(44,45)24-15-13-22(2)14-16-24)21-26-30-25(32(40)39(33(30)41)23-9-5-4-6-10-23)20-27(46-34(42)36-28-11-7-18-48-28)31(26)47-35(43)37-29-12-8-19-49-29/h1,4-16,18-19,25-27,30-31H,17,20-21H2,2H3,(H,36,42)(H,37,43)/t25-,26-,27-,30-,31+/m1/s1. The Balaban J connectivity index is 1.42. The highest BCUT2D eigenvalue weighted by Crippen LogP contribution is 2.46. The summed E-state index contributed by atoms with van der Waals surface area (Å²) in [4.78, 5) is 56.0. The highest BCUT2D eigenvalue weighted by molar-refractivity contribution is 7.89. The van der Waals surface area contributed by atoms with E-state index in [4.69, 9.17) is 15.9 Å². The number of amides is 4. The molecule has 2 aromatic heterocycles. The SMILES string of the molecule is C#CCN(C[C@H]1[C@H](OC(=O)Nc2cccs2)[C@H](OC(=O)Nc2cccs2)C[C@H]2C(=O)N(c3ccccc3)C(=O)[C@@H]12)S(=O)(=O)c1ccc(C)cc1. The first kappa shape index (κ1) is 34.8. The van der Waals surface area contributed by atoms with E-state index < -0.39 is 77.1 Å². The summed E-state index contributed by atoms with van der Waals surface area (Å²) >= 11 is 2.49. The molecule has 258 valence electrons. The summed E-state index contributed by atoms with van der Waals surface area (Å²) in [6, 6.07) is 21.3. The van der Waals surface area contributed by atoms with Gasteiger partial charge >= 0.3 is 12.2 Å². The highest BCUT2D eigenvalue weighted by Gasteiger charge is 2.60. The van der Waals surface area contributed by atoms with Crippen LogP contribution in [-0.2, 0) is 29.1 Å². The summed E-state index contributed by atoms with van der Waals surface area (Å²) in [6.07, 6.45) is 1.05. The van der Waals surface area contributed by atoms with E-state index in [1.165, 1.54) is 34.8 Å². The fourth-order valence-electron chi connectivity index (χ4n) is 6.33. The molecule has 50 heavy (non-hydrogen) atoms. The zero-order valence-corrected chi connectivity index (χ0v) is 29.1. The van der Waals surface area contributed by atoms with Crippen molar-refractivity contribution in [1.29, 1.82) is 0 Å². The van der Waals surface area contributed by atoms with Crippen molar-refractivity contribution in [1.82, 2.24) is 4.31 Å². The van der Waals surface area contributed by atoms with E-state index in [0.717, 1.165) is 14.8 Å². The topological polar surface area (TPSA) is 151 Å². The predicted octanol–water partition coefficient (Wildman–Crippen LogP) is 5.80. The van der Waals surface area contributed by atoms with E-state index in [1.807, 2.05) is 6.92 Å². The molecule has 15 heteroatoms. The maximum Gasteiger partial charge on any atom is 0.412 e. The van der Waals surface area contributed by atoms with Gasteiger partial charge in [0.1, 0.15) is 12.2 Å². The monoisotopic (exact) mass is 732 g/mol. The first-order valence-corrected chi connectivity index (χ1v) is 18.7. The van der Waals surface area contributed by atoms with Crippen LogP contribution in [0.25, 0.3) is 0 Å². The summed E-state index contributed by atoms with van der Waals surface area (Å²) < 4.78 is 41.0. The van der Waals surface area contributed by atoms with Gasteiger partial charge in [0.2, 0.25) is 21.8 Å².